The zero-order valence-corrected chi connectivity index (χ0v) is 22.0. The molecule has 0 saturated carbocycles. The third kappa shape index (κ3) is 5.16. The van der Waals surface area contributed by atoms with Crippen LogP contribution in [-0.2, 0) is 6.54 Å². The zero-order chi connectivity index (χ0) is 27.5. The molecule has 0 unspecified atom stereocenters. The molecule has 5 rings (SSSR count). The Morgan fingerprint density at radius 1 is 1.13 bits per heavy atom. The third-order valence-corrected chi connectivity index (χ3v) is 6.24. The second-order valence-electron chi connectivity index (χ2n) is 9.36. The lowest BCUT2D eigenvalue weighted by Crippen LogP contribution is -2.24. The van der Waals surface area contributed by atoms with Gasteiger partial charge in [-0.2, -0.15) is 4.98 Å². The first kappa shape index (κ1) is 25.9. The molecule has 0 aliphatic carbocycles. The second-order valence-corrected chi connectivity index (χ2v) is 9.36. The smallest absolute Gasteiger partial charge is 0.276 e. The van der Waals surface area contributed by atoms with Crippen LogP contribution in [0.5, 0.6) is 0 Å². The molecule has 39 heavy (non-hydrogen) atoms. The number of aliphatic hydroxyl groups excluding tert-OH is 1. The monoisotopic (exact) mass is 526 g/mol. The Bertz CT molecular complexity index is 1670. The Morgan fingerprint density at radius 2 is 1.92 bits per heavy atom. The average Bonchev–Trinajstić information content (AvgIpc) is 3.48. The maximum absolute atomic E-state index is 13.0. The largest absolute Gasteiger partial charge is 0.394 e. The molecule has 1 aromatic carbocycles. The van der Waals surface area contributed by atoms with Crippen molar-refractivity contribution in [1.82, 2.24) is 29.5 Å². The number of allylic oxidation sites excluding steroid dienone is 1. The van der Waals surface area contributed by atoms with Gasteiger partial charge in [0.25, 0.3) is 11.4 Å². The first-order chi connectivity index (χ1) is 18.9. The van der Waals surface area contributed by atoms with Crippen molar-refractivity contribution >= 4 is 28.4 Å². The van der Waals surface area contributed by atoms with Crippen molar-refractivity contribution in [2.75, 3.05) is 17.2 Å². The van der Waals surface area contributed by atoms with Gasteiger partial charge in [-0.1, -0.05) is 41.6 Å². The summed E-state index contributed by atoms with van der Waals surface area (Å²) in [5.41, 5.74) is 2.60. The molecule has 0 bridgehead atoms. The third-order valence-electron chi connectivity index (χ3n) is 6.24. The van der Waals surface area contributed by atoms with Gasteiger partial charge in [0, 0.05) is 18.3 Å². The molecule has 11 heteroatoms. The minimum absolute atomic E-state index is 0.0386. The summed E-state index contributed by atoms with van der Waals surface area (Å²) in [5.74, 6) is 1.82. The van der Waals surface area contributed by atoms with Gasteiger partial charge in [-0.3, -0.25) is 9.48 Å². The number of aryl methyl sites for hydroxylation is 1. The van der Waals surface area contributed by atoms with Crippen LogP contribution in [0.15, 0.2) is 76.7 Å². The van der Waals surface area contributed by atoms with Gasteiger partial charge in [0.15, 0.2) is 11.5 Å². The highest BCUT2D eigenvalue weighted by atomic mass is 16.5. The van der Waals surface area contributed by atoms with E-state index in [0.717, 1.165) is 5.56 Å². The molecule has 200 valence electrons. The summed E-state index contributed by atoms with van der Waals surface area (Å²) in [6.45, 7) is 9.79. The summed E-state index contributed by atoms with van der Waals surface area (Å²) >= 11 is 0. The molecule has 4 heterocycles. The molecule has 0 aliphatic heterocycles. The minimum Gasteiger partial charge on any atom is -0.394 e. The predicted octanol–water partition coefficient (Wildman–Crippen LogP) is 4.61. The number of aliphatic hydroxyl groups is 1. The molecule has 0 saturated heterocycles. The van der Waals surface area contributed by atoms with Crippen LogP contribution >= 0.6 is 0 Å². The normalized spacial score (nSPS) is 12.1. The summed E-state index contributed by atoms with van der Waals surface area (Å²) < 4.78 is 8.92. The molecule has 11 nitrogen and oxygen atoms in total. The second kappa shape index (κ2) is 10.9. The van der Waals surface area contributed by atoms with Crippen molar-refractivity contribution in [1.29, 1.82) is 0 Å². The SMILES string of the molecule is C=CCn1c2nc(Nc3cc(N[C@H](CO)c4ccccc4)c(-c4nc(C)no4)cn3)ccc2c(=O)n1C(C)C. The predicted molar refractivity (Wildman–Crippen MR) is 150 cm³/mol. The van der Waals surface area contributed by atoms with E-state index in [4.69, 9.17) is 9.51 Å². The van der Waals surface area contributed by atoms with Crippen LogP contribution in [0.25, 0.3) is 22.5 Å². The van der Waals surface area contributed by atoms with Crippen LogP contribution in [0.3, 0.4) is 0 Å². The summed E-state index contributed by atoms with van der Waals surface area (Å²) in [7, 11) is 0. The zero-order valence-electron chi connectivity index (χ0n) is 22.0. The molecular formula is C28H30N8O3. The quantitative estimate of drug-likeness (QED) is 0.223. The Hall–Kier alpha value is -4.77. The van der Waals surface area contributed by atoms with Gasteiger partial charge in [-0.05, 0) is 38.5 Å². The number of nitrogens with zero attached hydrogens (tertiary/aromatic N) is 6. The van der Waals surface area contributed by atoms with Gasteiger partial charge in [0.2, 0.25) is 0 Å². The highest BCUT2D eigenvalue weighted by Gasteiger charge is 2.19. The van der Waals surface area contributed by atoms with Gasteiger partial charge in [-0.25, -0.2) is 14.6 Å². The maximum atomic E-state index is 13.0. The van der Waals surface area contributed by atoms with Gasteiger partial charge in [-0.15, -0.1) is 6.58 Å². The molecule has 0 amide bonds. The molecule has 3 N–H and O–H groups in total. The van der Waals surface area contributed by atoms with Crippen LogP contribution in [0.4, 0.5) is 17.3 Å². The van der Waals surface area contributed by atoms with Crippen molar-refractivity contribution in [3.8, 4) is 11.5 Å². The molecular weight excluding hydrogens is 496 g/mol. The summed E-state index contributed by atoms with van der Waals surface area (Å²) in [5, 5.41) is 21.2. The first-order valence-electron chi connectivity index (χ1n) is 12.6. The fourth-order valence-corrected chi connectivity index (χ4v) is 4.49. The van der Waals surface area contributed by atoms with Crippen LogP contribution in [-0.4, -0.2) is 41.2 Å². The number of anilines is 3. The minimum atomic E-state index is -0.386. The number of benzene rings is 1. The van der Waals surface area contributed by atoms with Gasteiger partial charge in [0.1, 0.15) is 11.6 Å². The lowest BCUT2D eigenvalue weighted by Gasteiger charge is -2.20. The molecule has 5 aromatic rings. The number of pyridine rings is 2. The van der Waals surface area contributed by atoms with Crippen molar-refractivity contribution in [2.45, 2.75) is 39.4 Å². The Morgan fingerprint density at radius 3 is 2.59 bits per heavy atom. The van der Waals surface area contributed by atoms with Crippen molar-refractivity contribution in [3.05, 3.63) is 89.1 Å². The molecule has 4 aromatic heterocycles. The highest BCUT2D eigenvalue weighted by molar-refractivity contribution is 5.79. The van der Waals surface area contributed by atoms with Crippen LogP contribution in [0, 0.1) is 6.92 Å². The van der Waals surface area contributed by atoms with Crippen LogP contribution < -0.4 is 16.2 Å². The summed E-state index contributed by atoms with van der Waals surface area (Å²) in [6.07, 6.45) is 3.36. The van der Waals surface area contributed by atoms with E-state index in [1.165, 1.54) is 0 Å². The number of hydrogen-bond donors (Lipinski definition) is 3. The maximum Gasteiger partial charge on any atom is 0.276 e. The van der Waals surface area contributed by atoms with Crippen LogP contribution in [0.2, 0.25) is 0 Å². The first-order valence-corrected chi connectivity index (χ1v) is 12.6. The van der Waals surface area contributed by atoms with Gasteiger partial charge >= 0.3 is 0 Å². The van der Waals surface area contributed by atoms with E-state index in [-0.39, 0.29) is 24.2 Å². The number of fused-ring (bicyclic) bond motifs is 1. The van der Waals surface area contributed by atoms with E-state index in [9.17, 15) is 9.90 Å². The molecule has 1 atom stereocenters. The standard InChI is InChI=1S/C28H30N8O3/c1-5-13-35-26-20(28(38)36(35)17(2)3)11-12-24(33-26)32-25-14-22(21(15-29-25)27-30-18(4)34-39-27)31-23(16-37)19-9-7-6-8-10-19/h5-12,14-15,17,23,37H,1,13,16H2,2-4H3,(H2,29,31,32,33)/t23-/m1/s1. The number of aromatic nitrogens is 6. The van der Waals surface area contributed by atoms with E-state index in [1.807, 2.05) is 48.9 Å². The van der Waals surface area contributed by atoms with E-state index in [0.29, 0.717) is 52.2 Å². The lowest BCUT2D eigenvalue weighted by atomic mass is 10.1. The Labute approximate surface area is 224 Å². The van der Waals surface area contributed by atoms with E-state index in [1.54, 1.807) is 42.1 Å². The molecule has 0 radical (unpaired) electrons. The van der Waals surface area contributed by atoms with Crippen LogP contribution in [0.1, 0.15) is 37.3 Å². The van der Waals surface area contributed by atoms with Crippen molar-refractivity contribution < 1.29 is 9.63 Å². The average molecular weight is 527 g/mol. The summed E-state index contributed by atoms with van der Waals surface area (Å²) in [6, 6.07) is 14.5. The van der Waals surface area contributed by atoms with Crippen molar-refractivity contribution in [3.63, 3.8) is 0 Å². The van der Waals surface area contributed by atoms with Gasteiger partial charge in [0.05, 0.1) is 35.8 Å². The lowest BCUT2D eigenvalue weighted by molar-refractivity contribution is 0.276. The van der Waals surface area contributed by atoms with E-state index >= 15 is 0 Å². The fraction of sp³-hybridized carbons (Fsp3) is 0.250. The number of nitrogens with one attached hydrogen (secondary N) is 2. The Kier molecular flexibility index (Phi) is 7.24. The highest BCUT2D eigenvalue weighted by Crippen LogP contribution is 2.32. The van der Waals surface area contributed by atoms with E-state index in [2.05, 4.69) is 32.3 Å². The fourth-order valence-electron chi connectivity index (χ4n) is 4.49. The molecule has 0 spiro atoms. The van der Waals surface area contributed by atoms with E-state index < -0.39 is 0 Å². The Balaban J connectivity index is 1.54. The van der Waals surface area contributed by atoms with Gasteiger partial charge < -0.3 is 20.3 Å². The topological polar surface area (TPSA) is 136 Å². The number of hydrogen-bond acceptors (Lipinski definition) is 9. The molecule has 0 fully saturated rings. The van der Waals surface area contributed by atoms with Crippen molar-refractivity contribution in [2.24, 2.45) is 0 Å². The molecule has 0 aliphatic rings. The summed E-state index contributed by atoms with van der Waals surface area (Å²) in [4.78, 5) is 26.6. The number of rotatable bonds is 10.